The number of carbonyl (C=O) groups excluding carboxylic acids is 1. The molecule has 4 heteroatoms. The molecule has 1 saturated heterocycles. The molecule has 1 amide bonds. The van der Waals surface area contributed by atoms with E-state index in [2.05, 4.69) is 6.07 Å². The van der Waals surface area contributed by atoms with Gasteiger partial charge in [-0.15, -0.1) is 0 Å². The van der Waals surface area contributed by atoms with E-state index >= 15 is 0 Å². The van der Waals surface area contributed by atoms with Gasteiger partial charge in [0.15, 0.2) is 5.67 Å². The van der Waals surface area contributed by atoms with Gasteiger partial charge in [-0.1, -0.05) is 0 Å². The molecular formula is C9H13FN2O. The van der Waals surface area contributed by atoms with E-state index in [9.17, 15) is 9.18 Å². The topological polar surface area (TPSA) is 44.1 Å². The molecule has 1 aliphatic heterocycles. The smallest absolute Gasteiger partial charge is 0.259 e. The molecule has 0 atom stereocenters. The number of nitriles is 1. The molecule has 72 valence electrons. The SMILES string of the molecule is CC1(C#N)CN(C(=O)C(C)(C)F)C1. The molecule has 0 aromatic carbocycles. The summed E-state index contributed by atoms with van der Waals surface area (Å²) in [5, 5.41) is 8.67. The Bertz CT molecular complexity index is 268. The van der Waals surface area contributed by atoms with Crippen LogP contribution in [-0.4, -0.2) is 29.6 Å². The molecule has 0 bridgehead atoms. The van der Waals surface area contributed by atoms with Crippen LogP contribution in [0, 0.1) is 16.7 Å². The number of nitrogens with zero attached hydrogens (tertiary/aromatic N) is 2. The number of alkyl halides is 1. The van der Waals surface area contributed by atoms with Crippen LogP contribution in [0.15, 0.2) is 0 Å². The van der Waals surface area contributed by atoms with E-state index in [1.54, 1.807) is 6.92 Å². The molecule has 1 fully saturated rings. The van der Waals surface area contributed by atoms with Gasteiger partial charge in [0, 0.05) is 13.1 Å². The summed E-state index contributed by atoms with van der Waals surface area (Å²) in [5.74, 6) is -0.528. The summed E-state index contributed by atoms with van der Waals surface area (Å²) in [4.78, 5) is 12.7. The number of rotatable bonds is 1. The van der Waals surface area contributed by atoms with E-state index < -0.39 is 17.0 Å². The monoisotopic (exact) mass is 184 g/mol. The fourth-order valence-corrected chi connectivity index (χ4v) is 1.39. The Morgan fingerprint density at radius 2 is 2.08 bits per heavy atom. The van der Waals surface area contributed by atoms with Crippen molar-refractivity contribution in [1.82, 2.24) is 4.90 Å². The van der Waals surface area contributed by atoms with Crippen LogP contribution in [-0.2, 0) is 4.79 Å². The minimum Gasteiger partial charge on any atom is -0.337 e. The zero-order valence-corrected chi connectivity index (χ0v) is 8.09. The Balaban J connectivity index is 2.55. The first-order valence-electron chi connectivity index (χ1n) is 4.18. The summed E-state index contributed by atoms with van der Waals surface area (Å²) in [6.45, 7) is 4.92. The van der Waals surface area contributed by atoms with Crippen LogP contribution in [0.4, 0.5) is 4.39 Å². The van der Waals surface area contributed by atoms with Crippen LogP contribution in [0.3, 0.4) is 0 Å². The van der Waals surface area contributed by atoms with Crippen LogP contribution in [0.5, 0.6) is 0 Å². The Kier molecular flexibility index (Phi) is 2.07. The van der Waals surface area contributed by atoms with Gasteiger partial charge < -0.3 is 4.90 Å². The molecule has 13 heavy (non-hydrogen) atoms. The van der Waals surface area contributed by atoms with Crippen molar-refractivity contribution in [3.8, 4) is 6.07 Å². The van der Waals surface area contributed by atoms with Gasteiger partial charge in [-0.2, -0.15) is 5.26 Å². The molecular weight excluding hydrogens is 171 g/mol. The molecule has 1 aliphatic rings. The van der Waals surface area contributed by atoms with E-state index in [-0.39, 0.29) is 0 Å². The lowest BCUT2D eigenvalue weighted by molar-refractivity contribution is -0.150. The van der Waals surface area contributed by atoms with Crippen LogP contribution >= 0.6 is 0 Å². The summed E-state index contributed by atoms with van der Waals surface area (Å²) in [7, 11) is 0. The number of hydrogen-bond acceptors (Lipinski definition) is 2. The molecule has 0 N–H and O–H groups in total. The van der Waals surface area contributed by atoms with Crippen molar-refractivity contribution in [2.45, 2.75) is 26.4 Å². The van der Waals surface area contributed by atoms with Gasteiger partial charge >= 0.3 is 0 Å². The van der Waals surface area contributed by atoms with E-state index in [0.717, 1.165) is 0 Å². The second-order valence-electron chi connectivity index (χ2n) is 4.31. The van der Waals surface area contributed by atoms with E-state index in [4.69, 9.17) is 5.26 Å². The van der Waals surface area contributed by atoms with Crippen LogP contribution < -0.4 is 0 Å². The van der Waals surface area contributed by atoms with Gasteiger partial charge in [0.05, 0.1) is 11.5 Å². The third-order valence-electron chi connectivity index (χ3n) is 2.15. The maximum Gasteiger partial charge on any atom is 0.259 e. The highest BCUT2D eigenvalue weighted by Gasteiger charge is 2.45. The summed E-state index contributed by atoms with van der Waals surface area (Å²) >= 11 is 0. The lowest BCUT2D eigenvalue weighted by atomic mass is 9.83. The normalized spacial score (nSPS) is 20.4. The lowest BCUT2D eigenvalue weighted by Gasteiger charge is -2.44. The standard InChI is InChI=1S/C9H13FN2O/c1-8(2,10)7(13)12-5-9(3,4-11)6-12/h5-6H2,1-3H3. The summed E-state index contributed by atoms with van der Waals surface area (Å²) < 4.78 is 13.1. The number of halogens is 1. The van der Waals surface area contributed by atoms with Crippen molar-refractivity contribution in [3.05, 3.63) is 0 Å². The Labute approximate surface area is 77.1 Å². The van der Waals surface area contributed by atoms with E-state index in [0.29, 0.717) is 13.1 Å². The highest BCUT2D eigenvalue weighted by molar-refractivity contribution is 5.85. The number of hydrogen-bond donors (Lipinski definition) is 0. The lowest BCUT2D eigenvalue weighted by Crippen LogP contribution is -2.59. The van der Waals surface area contributed by atoms with Crippen LogP contribution in [0.1, 0.15) is 20.8 Å². The Morgan fingerprint density at radius 3 is 2.38 bits per heavy atom. The van der Waals surface area contributed by atoms with Crippen molar-refractivity contribution < 1.29 is 9.18 Å². The Morgan fingerprint density at radius 1 is 1.62 bits per heavy atom. The fourth-order valence-electron chi connectivity index (χ4n) is 1.39. The highest BCUT2D eigenvalue weighted by Crippen LogP contribution is 2.31. The molecule has 0 aromatic rings. The van der Waals surface area contributed by atoms with Crippen LogP contribution in [0.25, 0.3) is 0 Å². The largest absolute Gasteiger partial charge is 0.337 e. The minimum atomic E-state index is -1.82. The average Bonchev–Trinajstić information content (AvgIpc) is 1.95. The van der Waals surface area contributed by atoms with Gasteiger partial charge in [0.2, 0.25) is 0 Å². The number of amides is 1. The maximum atomic E-state index is 13.1. The second kappa shape index (κ2) is 2.69. The van der Waals surface area contributed by atoms with Gasteiger partial charge in [-0.3, -0.25) is 4.79 Å². The second-order valence-corrected chi connectivity index (χ2v) is 4.31. The first-order chi connectivity index (χ1) is 5.78. The number of likely N-dealkylation sites (tertiary alicyclic amines) is 1. The van der Waals surface area contributed by atoms with Gasteiger partial charge in [-0.25, -0.2) is 4.39 Å². The first kappa shape index (κ1) is 9.97. The van der Waals surface area contributed by atoms with Gasteiger partial charge in [0.25, 0.3) is 5.91 Å². The maximum absolute atomic E-state index is 13.1. The number of carbonyl (C=O) groups is 1. The molecule has 0 aromatic heterocycles. The quantitative estimate of drug-likeness (QED) is 0.612. The molecule has 0 saturated carbocycles. The van der Waals surface area contributed by atoms with Gasteiger partial charge in [-0.05, 0) is 20.8 Å². The zero-order chi connectivity index (χ0) is 10.3. The van der Waals surface area contributed by atoms with Crippen molar-refractivity contribution >= 4 is 5.91 Å². The summed E-state index contributed by atoms with van der Waals surface area (Å²) in [6.07, 6.45) is 0. The molecule has 1 heterocycles. The van der Waals surface area contributed by atoms with Crippen molar-refractivity contribution in [2.24, 2.45) is 5.41 Å². The Hall–Kier alpha value is -1.11. The molecule has 1 rings (SSSR count). The summed E-state index contributed by atoms with van der Waals surface area (Å²) in [5.41, 5.74) is -2.29. The molecule has 0 radical (unpaired) electrons. The van der Waals surface area contributed by atoms with Crippen molar-refractivity contribution in [2.75, 3.05) is 13.1 Å². The summed E-state index contributed by atoms with van der Waals surface area (Å²) in [6, 6.07) is 2.10. The van der Waals surface area contributed by atoms with E-state index in [1.807, 2.05) is 0 Å². The van der Waals surface area contributed by atoms with Gasteiger partial charge in [0.1, 0.15) is 0 Å². The molecule has 0 spiro atoms. The van der Waals surface area contributed by atoms with Crippen molar-refractivity contribution in [3.63, 3.8) is 0 Å². The predicted molar refractivity (Wildman–Crippen MR) is 45.5 cm³/mol. The highest BCUT2D eigenvalue weighted by atomic mass is 19.1. The third-order valence-corrected chi connectivity index (χ3v) is 2.15. The van der Waals surface area contributed by atoms with E-state index in [1.165, 1.54) is 18.7 Å². The molecule has 0 unspecified atom stereocenters. The minimum absolute atomic E-state index is 0.343. The molecule has 3 nitrogen and oxygen atoms in total. The predicted octanol–water partition coefficient (Wildman–Crippen LogP) is 1.11. The first-order valence-corrected chi connectivity index (χ1v) is 4.18. The molecule has 0 aliphatic carbocycles. The van der Waals surface area contributed by atoms with Crippen LogP contribution in [0.2, 0.25) is 0 Å². The third kappa shape index (κ3) is 1.80. The van der Waals surface area contributed by atoms with Crippen molar-refractivity contribution in [1.29, 1.82) is 5.26 Å². The zero-order valence-electron chi connectivity index (χ0n) is 8.09. The average molecular weight is 184 g/mol. The fraction of sp³-hybridized carbons (Fsp3) is 0.778.